The minimum absolute atomic E-state index is 0.177. The third kappa shape index (κ3) is 1.99. The van der Waals surface area contributed by atoms with Crippen LogP contribution in [0, 0.1) is 0 Å². The SMILES string of the molecule is OCc1cnc2cc(C(F)(F)F)ccc2c1. The first-order chi connectivity index (χ1) is 7.50. The van der Waals surface area contributed by atoms with Crippen LogP contribution >= 0.6 is 0 Å². The molecule has 16 heavy (non-hydrogen) atoms. The van der Waals surface area contributed by atoms with Crippen molar-refractivity contribution in [3.05, 3.63) is 41.6 Å². The van der Waals surface area contributed by atoms with Crippen molar-refractivity contribution in [2.75, 3.05) is 0 Å². The average Bonchev–Trinajstić information content (AvgIpc) is 2.26. The molecular formula is C11H8F3NO. The first-order valence-electron chi connectivity index (χ1n) is 4.57. The summed E-state index contributed by atoms with van der Waals surface area (Å²) in [6.07, 6.45) is -2.99. The minimum Gasteiger partial charge on any atom is -0.392 e. The standard InChI is InChI=1S/C11H8F3NO/c12-11(13,14)9-2-1-8-3-7(6-16)5-15-10(8)4-9/h1-5,16H,6H2. The van der Waals surface area contributed by atoms with Gasteiger partial charge >= 0.3 is 6.18 Å². The van der Waals surface area contributed by atoms with Crippen LogP contribution in [0.4, 0.5) is 13.2 Å². The Balaban J connectivity index is 2.56. The Morgan fingerprint density at radius 1 is 1.19 bits per heavy atom. The van der Waals surface area contributed by atoms with Gasteiger partial charge in [-0.3, -0.25) is 4.98 Å². The van der Waals surface area contributed by atoms with Gasteiger partial charge in [-0.15, -0.1) is 0 Å². The van der Waals surface area contributed by atoms with Crippen LogP contribution in [-0.4, -0.2) is 10.1 Å². The summed E-state index contributed by atoms with van der Waals surface area (Å²) in [6.45, 7) is -0.177. The predicted octanol–water partition coefficient (Wildman–Crippen LogP) is 2.75. The molecule has 0 saturated heterocycles. The van der Waals surface area contributed by atoms with Gasteiger partial charge in [-0.25, -0.2) is 0 Å². The van der Waals surface area contributed by atoms with E-state index in [0.717, 1.165) is 12.1 Å². The lowest BCUT2D eigenvalue weighted by Crippen LogP contribution is -2.04. The number of nitrogens with zero attached hydrogens (tertiary/aromatic N) is 1. The van der Waals surface area contributed by atoms with Crippen LogP contribution in [0.5, 0.6) is 0 Å². The fourth-order valence-electron chi connectivity index (χ4n) is 1.43. The number of rotatable bonds is 1. The summed E-state index contributed by atoms with van der Waals surface area (Å²) in [4.78, 5) is 3.87. The summed E-state index contributed by atoms with van der Waals surface area (Å²) in [5.41, 5.74) is 0.128. The van der Waals surface area contributed by atoms with Gasteiger partial charge in [0.1, 0.15) is 0 Å². The van der Waals surface area contributed by atoms with Crippen LogP contribution in [0.15, 0.2) is 30.5 Å². The van der Waals surface area contributed by atoms with Crippen LogP contribution < -0.4 is 0 Å². The zero-order valence-corrected chi connectivity index (χ0v) is 8.12. The third-order valence-electron chi connectivity index (χ3n) is 2.25. The molecule has 5 heteroatoms. The second-order valence-electron chi connectivity index (χ2n) is 3.41. The number of aliphatic hydroxyl groups excluding tert-OH is 1. The smallest absolute Gasteiger partial charge is 0.392 e. The molecule has 0 amide bonds. The molecule has 0 aliphatic rings. The van der Waals surface area contributed by atoms with Gasteiger partial charge in [0.15, 0.2) is 0 Å². The number of benzene rings is 1. The van der Waals surface area contributed by atoms with Gasteiger partial charge in [-0.2, -0.15) is 13.2 Å². The zero-order valence-electron chi connectivity index (χ0n) is 8.12. The molecule has 0 spiro atoms. The summed E-state index contributed by atoms with van der Waals surface area (Å²) < 4.78 is 37.2. The second-order valence-corrected chi connectivity index (χ2v) is 3.41. The Bertz CT molecular complexity index is 522. The molecule has 84 valence electrons. The van der Waals surface area contributed by atoms with Gasteiger partial charge < -0.3 is 5.11 Å². The van der Waals surface area contributed by atoms with E-state index in [1.54, 1.807) is 6.07 Å². The number of aliphatic hydroxyl groups is 1. The largest absolute Gasteiger partial charge is 0.416 e. The quantitative estimate of drug-likeness (QED) is 0.812. The van der Waals surface area contributed by atoms with Crippen molar-refractivity contribution in [1.29, 1.82) is 0 Å². The Labute approximate surface area is 89.4 Å². The molecule has 2 rings (SSSR count). The summed E-state index contributed by atoms with van der Waals surface area (Å²) in [5.74, 6) is 0. The first kappa shape index (κ1) is 10.9. The first-order valence-corrected chi connectivity index (χ1v) is 4.57. The Morgan fingerprint density at radius 2 is 1.94 bits per heavy atom. The molecule has 1 aromatic carbocycles. The summed E-state index contributed by atoms with van der Waals surface area (Å²) in [7, 11) is 0. The van der Waals surface area contributed by atoms with Crippen molar-refractivity contribution >= 4 is 10.9 Å². The van der Waals surface area contributed by atoms with E-state index < -0.39 is 11.7 Å². The van der Waals surface area contributed by atoms with E-state index in [1.165, 1.54) is 12.3 Å². The molecule has 0 fully saturated rings. The average molecular weight is 227 g/mol. The van der Waals surface area contributed by atoms with Crippen molar-refractivity contribution in [2.45, 2.75) is 12.8 Å². The highest BCUT2D eigenvalue weighted by molar-refractivity contribution is 5.79. The van der Waals surface area contributed by atoms with Crippen molar-refractivity contribution < 1.29 is 18.3 Å². The maximum atomic E-state index is 12.4. The number of fused-ring (bicyclic) bond motifs is 1. The highest BCUT2D eigenvalue weighted by Gasteiger charge is 2.30. The topological polar surface area (TPSA) is 33.1 Å². The molecule has 0 aliphatic heterocycles. The molecule has 2 aromatic rings. The van der Waals surface area contributed by atoms with E-state index in [2.05, 4.69) is 4.98 Å². The van der Waals surface area contributed by atoms with Crippen LogP contribution in [0.3, 0.4) is 0 Å². The van der Waals surface area contributed by atoms with E-state index in [9.17, 15) is 13.2 Å². The van der Waals surface area contributed by atoms with E-state index >= 15 is 0 Å². The monoisotopic (exact) mass is 227 g/mol. The van der Waals surface area contributed by atoms with Crippen molar-refractivity contribution in [2.24, 2.45) is 0 Å². The highest BCUT2D eigenvalue weighted by Crippen LogP contribution is 2.30. The van der Waals surface area contributed by atoms with Crippen molar-refractivity contribution in [3.63, 3.8) is 0 Å². The highest BCUT2D eigenvalue weighted by atomic mass is 19.4. The summed E-state index contributed by atoms with van der Waals surface area (Å²) >= 11 is 0. The van der Waals surface area contributed by atoms with Gasteiger partial charge in [0.05, 0.1) is 17.7 Å². The van der Waals surface area contributed by atoms with Gasteiger partial charge in [0.25, 0.3) is 0 Å². The van der Waals surface area contributed by atoms with Gasteiger partial charge in [0.2, 0.25) is 0 Å². The number of halogens is 3. The van der Waals surface area contributed by atoms with E-state index in [0.29, 0.717) is 10.9 Å². The number of alkyl halides is 3. The predicted molar refractivity (Wildman–Crippen MR) is 52.7 cm³/mol. The molecule has 0 aliphatic carbocycles. The molecular weight excluding hydrogens is 219 g/mol. The second kappa shape index (κ2) is 3.75. The van der Waals surface area contributed by atoms with E-state index in [4.69, 9.17) is 5.11 Å². The molecule has 0 saturated carbocycles. The minimum atomic E-state index is -4.36. The Morgan fingerprint density at radius 3 is 2.56 bits per heavy atom. The van der Waals surface area contributed by atoms with Crippen LogP contribution in [0.25, 0.3) is 10.9 Å². The van der Waals surface area contributed by atoms with Crippen LogP contribution in [0.1, 0.15) is 11.1 Å². The Kier molecular flexibility index (Phi) is 2.55. The normalized spacial score (nSPS) is 12.0. The molecule has 1 N–H and O–H groups in total. The summed E-state index contributed by atoms with van der Waals surface area (Å²) in [6, 6.07) is 4.97. The fraction of sp³-hybridized carbons (Fsp3) is 0.182. The molecule has 0 atom stereocenters. The van der Waals surface area contributed by atoms with Crippen LogP contribution in [0.2, 0.25) is 0 Å². The lowest BCUT2D eigenvalue weighted by molar-refractivity contribution is -0.137. The van der Waals surface area contributed by atoms with Gasteiger partial charge in [0, 0.05) is 11.6 Å². The molecule has 0 radical (unpaired) electrons. The number of pyridine rings is 1. The van der Waals surface area contributed by atoms with E-state index in [-0.39, 0.29) is 12.1 Å². The number of aromatic nitrogens is 1. The number of hydrogen-bond acceptors (Lipinski definition) is 2. The van der Waals surface area contributed by atoms with Crippen LogP contribution in [-0.2, 0) is 12.8 Å². The zero-order chi connectivity index (χ0) is 11.8. The molecule has 1 heterocycles. The lowest BCUT2D eigenvalue weighted by Gasteiger charge is -2.07. The maximum absolute atomic E-state index is 12.4. The van der Waals surface area contributed by atoms with E-state index in [1.807, 2.05) is 0 Å². The number of hydrogen-bond donors (Lipinski definition) is 1. The lowest BCUT2D eigenvalue weighted by atomic mass is 10.1. The fourth-order valence-corrected chi connectivity index (χ4v) is 1.43. The van der Waals surface area contributed by atoms with Crippen molar-refractivity contribution in [1.82, 2.24) is 4.98 Å². The van der Waals surface area contributed by atoms with Gasteiger partial charge in [-0.05, 0) is 23.8 Å². The molecule has 2 nitrogen and oxygen atoms in total. The molecule has 0 bridgehead atoms. The van der Waals surface area contributed by atoms with Gasteiger partial charge in [-0.1, -0.05) is 6.07 Å². The maximum Gasteiger partial charge on any atom is 0.416 e. The Hall–Kier alpha value is -1.62. The molecule has 0 unspecified atom stereocenters. The summed E-state index contributed by atoms with van der Waals surface area (Å²) in [5, 5.41) is 9.44. The molecule has 1 aromatic heterocycles. The third-order valence-corrected chi connectivity index (χ3v) is 2.25. The van der Waals surface area contributed by atoms with Crippen molar-refractivity contribution in [3.8, 4) is 0 Å².